The molecule has 5 rings (SSSR count). The van der Waals surface area contributed by atoms with Crippen LogP contribution in [0.4, 0.5) is 0 Å². The standard InChI is InChI=1S/C24H24N2O3/c27-21-16-26(23(28)24(11-12-24)18-6-2-1-3-7-18)14-10-22(21)29-19-8-9-20-17(15-19)5-4-13-25-20/h1-9,13,15,21-22,27H,10-12,14,16H2/t21-,22-/m1/s1. The van der Waals surface area contributed by atoms with Gasteiger partial charge in [-0.1, -0.05) is 36.4 Å². The number of likely N-dealkylation sites (tertiary alicyclic amines) is 1. The molecule has 0 radical (unpaired) electrons. The molecule has 1 aliphatic heterocycles. The monoisotopic (exact) mass is 388 g/mol. The Morgan fingerprint density at radius 3 is 2.69 bits per heavy atom. The molecule has 148 valence electrons. The van der Waals surface area contributed by atoms with Crippen molar-refractivity contribution in [2.24, 2.45) is 0 Å². The molecule has 1 saturated heterocycles. The van der Waals surface area contributed by atoms with Crippen molar-refractivity contribution in [3.8, 4) is 5.75 Å². The van der Waals surface area contributed by atoms with Crippen LogP contribution in [0.25, 0.3) is 10.9 Å². The van der Waals surface area contributed by atoms with Gasteiger partial charge in [0.2, 0.25) is 5.91 Å². The summed E-state index contributed by atoms with van der Waals surface area (Å²) in [5.74, 6) is 0.857. The molecule has 1 saturated carbocycles. The number of hydrogen-bond donors (Lipinski definition) is 1. The largest absolute Gasteiger partial charge is 0.488 e. The van der Waals surface area contributed by atoms with Gasteiger partial charge in [0.1, 0.15) is 18.0 Å². The van der Waals surface area contributed by atoms with Gasteiger partial charge in [-0.25, -0.2) is 0 Å². The van der Waals surface area contributed by atoms with Gasteiger partial charge in [-0.15, -0.1) is 0 Å². The van der Waals surface area contributed by atoms with Gasteiger partial charge in [-0.3, -0.25) is 9.78 Å². The van der Waals surface area contributed by atoms with Crippen molar-refractivity contribution >= 4 is 16.8 Å². The Morgan fingerprint density at radius 1 is 1.10 bits per heavy atom. The Kier molecular flexibility index (Phi) is 4.47. The second-order valence-electron chi connectivity index (χ2n) is 8.07. The second kappa shape index (κ2) is 7.16. The topological polar surface area (TPSA) is 62.7 Å². The van der Waals surface area contributed by atoms with E-state index in [-0.39, 0.29) is 17.4 Å². The average molecular weight is 388 g/mol. The number of aromatic nitrogens is 1. The van der Waals surface area contributed by atoms with E-state index in [0.717, 1.165) is 35.1 Å². The van der Waals surface area contributed by atoms with E-state index in [9.17, 15) is 9.90 Å². The van der Waals surface area contributed by atoms with Crippen LogP contribution in [0.5, 0.6) is 5.75 Å². The smallest absolute Gasteiger partial charge is 0.233 e. The van der Waals surface area contributed by atoms with E-state index in [1.807, 2.05) is 65.6 Å². The van der Waals surface area contributed by atoms with Gasteiger partial charge in [-0.2, -0.15) is 0 Å². The van der Waals surface area contributed by atoms with E-state index in [1.165, 1.54) is 0 Å². The molecule has 1 amide bonds. The number of benzene rings is 2. The number of amides is 1. The van der Waals surface area contributed by atoms with Crippen LogP contribution >= 0.6 is 0 Å². The van der Waals surface area contributed by atoms with Crippen LogP contribution in [0.1, 0.15) is 24.8 Å². The third-order valence-corrected chi connectivity index (χ3v) is 6.16. The minimum atomic E-state index is -0.705. The summed E-state index contributed by atoms with van der Waals surface area (Å²) in [4.78, 5) is 19.3. The number of piperidine rings is 1. The lowest BCUT2D eigenvalue weighted by molar-refractivity contribution is -0.139. The molecule has 1 aromatic heterocycles. The van der Waals surface area contributed by atoms with Crippen molar-refractivity contribution in [2.45, 2.75) is 36.9 Å². The number of hydrogen-bond acceptors (Lipinski definition) is 4. The number of β-amino-alcohol motifs (C(OH)–C–C–N with tert-alkyl or cyclic N) is 1. The van der Waals surface area contributed by atoms with E-state index in [4.69, 9.17) is 4.74 Å². The zero-order valence-corrected chi connectivity index (χ0v) is 16.2. The van der Waals surface area contributed by atoms with Crippen molar-refractivity contribution in [3.05, 3.63) is 72.4 Å². The maximum atomic E-state index is 13.2. The number of aliphatic hydroxyl groups is 1. The number of rotatable bonds is 4. The fraction of sp³-hybridized carbons (Fsp3) is 0.333. The first kappa shape index (κ1) is 18.1. The van der Waals surface area contributed by atoms with Crippen LogP contribution in [0.2, 0.25) is 0 Å². The van der Waals surface area contributed by atoms with Gasteiger partial charge in [0.05, 0.1) is 17.5 Å². The molecule has 5 nitrogen and oxygen atoms in total. The molecule has 1 aliphatic carbocycles. The zero-order chi connectivity index (χ0) is 19.8. The molecule has 3 aromatic rings. The average Bonchev–Trinajstić information content (AvgIpc) is 3.57. The van der Waals surface area contributed by atoms with Crippen LogP contribution in [0.15, 0.2) is 66.9 Å². The first-order chi connectivity index (χ1) is 14.2. The normalized spacial score (nSPS) is 23.0. The van der Waals surface area contributed by atoms with Gasteiger partial charge >= 0.3 is 0 Å². The Labute approximate surface area is 169 Å². The zero-order valence-electron chi connectivity index (χ0n) is 16.2. The summed E-state index contributed by atoms with van der Waals surface area (Å²) in [6, 6.07) is 19.6. The summed E-state index contributed by atoms with van der Waals surface area (Å²) in [5, 5.41) is 11.7. The lowest BCUT2D eigenvalue weighted by Crippen LogP contribution is -2.53. The predicted octanol–water partition coefficient (Wildman–Crippen LogP) is 3.31. The Hall–Kier alpha value is -2.92. The van der Waals surface area contributed by atoms with E-state index in [0.29, 0.717) is 19.5 Å². The summed E-state index contributed by atoms with van der Waals surface area (Å²) in [6.07, 6.45) is 3.12. The minimum Gasteiger partial charge on any atom is -0.488 e. The maximum absolute atomic E-state index is 13.2. The molecule has 2 fully saturated rings. The molecule has 1 N–H and O–H groups in total. The number of carbonyl (C=O) groups excluding carboxylic acids is 1. The number of ether oxygens (including phenoxy) is 1. The van der Waals surface area contributed by atoms with E-state index >= 15 is 0 Å². The number of carbonyl (C=O) groups is 1. The van der Waals surface area contributed by atoms with E-state index < -0.39 is 6.10 Å². The highest BCUT2D eigenvalue weighted by Crippen LogP contribution is 2.49. The molecule has 2 aromatic carbocycles. The third-order valence-electron chi connectivity index (χ3n) is 6.16. The Balaban J connectivity index is 1.26. The Morgan fingerprint density at radius 2 is 1.93 bits per heavy atom. The van der Waals surface area contributed by atoms with Gasteiger partial charge in [-0.05, 0) is 42.7 Å². The van der Waals surface area contributed by atoms with Gasteiger partial charge in [0.15, 0.2) is 0 Å². The SMILES string of the molecule is O=C(N1CC[C@@H](Oc2ccc3ncccc3c2)[C@H](O)C1)C1(c2ccccc2)CC1. The van der Waals surface area contributed by atoms with Gasteiger partial charge < -0.3 is 14.7 Å². The highest BCUT2D eigenvalue weighted by molar-refractivity contribution is 5.91. The summed E-state index contributed by atoms with van der Waals surface area (Å²) < 4.78 is 6.07. The maximum Gasteiger partial charge on any atom is 0.233 e. The van der Waals surface area contributed by atoms with E-state index in [1.54, 1.807) is 6.20 Å². The van der Waals surface area contributed by atoms with Crippen LogP contribution in [-0.2, 0) is 10.2 Å². The van der Waals surface area contributed by atoms with E-state index in [2.05, 4.69) is 4.98 Å². The van der Waals surface area contributed by atoms with Crippen molar-refractivity contribution in [1.29, 1.82) is 0 Å². The molecule has 0 bridgehead atoms. The third kappa shape index (κ3) is 3.36. The first-order valence-electron chi connectivity index (χ1n) is 10.2. The van der Waals surface area contributed by atoms with Crippen LogP contribution in [0.3, 0.4) is 0 Å². The molecular formula is C24H24N2O3. The first-order valence-corrected chi connectivity index (χ1v) is 10.2. The Bertz CT molecular complexity index is 1030. The van der Waals surface area contributed by atoms with Crippen LogP contribution in [0, 0.1) is 0 Å². The number of aliphatic hydroxyl groups excluding tert-OH is 1. The van der Waals surface area contributed by atoms with Crippen molar-refractivity contribution in [1.82, 2.24) is 9.88 Å². The minimum absolute atomic E-state index is 0.137. The van der Waals surface area contributed by atoms with Crippen LogP contribution in [-0.4, -0.2) is 46.2 Å². The molecule has 2 atom stereocenters. The quantitative estimate of drug-likeness (QED) is 0.745. The molecule has 5 heteroatoms. The van der Waals surface area contributed by atoms with Gasteiger partial charge in [0, 0.05) is 24.5 Å². The number of nitrogens with zero attached hydrogens (tertiary/aromatic N) is 2. The highest BCUT2D eigenvalue weighted by Gasteiger charge is 2.53. The summed E-state index contributed by atoms with van der Waals surface area (Å²) in [7, 11) is 0. The fourth-order valence-electron chi connectivity index (χ4n) is 4.34. The summed E-state index contributed by atoms with van der Waals surface area (Å²) in [5.41, 5.74) is 1.61. The molecule has 0 spiro atoms. The van der Waals surface area contributed by atoms with Crippen LogP contribution < -0.4 is 4.74 Å². The summed E-state index contributed by atoms with van der Waals surface area (Å²) in [6.45, 7) is 0.914. The molecule has 2 heterocycles. The lowest BCUT2D eigenvalue weighted by atomic mass is 9.93. The van der Waals surface area contributed by atoms with Gasteiger partial charge in [0.25, 0.3) is 0 Å². The van der Waals surface area contributed by atoms with Crippen molar-refractivity contribution in [3.63, 3.8) is 0 Å². The van der Waals surface area contributed by atoms with Crippen molar-refractivity contribution < 1.29 is 14.6 Å². The van der Waals surface area contributed by atoms with Crippen molar-refractivity contribution in [2.75, 3.05) is 13.1 Å². The number of pyridine rings is 1. The molecular weight excluding hydrogens is 364 g/mol. The molecule has 0 unspecified atom stereocenters. The number of fused-ring (bicyclic) bond motifs is 1. The molecule has 29 heavy (non-hydrogen) atoms. The predicted molar refractivity (Wildman–Crippen MR) is 111 cm³/mol. The summed E-state index contributed by atoms with van der Waals surface area (Å²) >= 11 is 0. The lowest BCUT2D eigenvalue weighted by Gasteiger charge is -2.37. The molecule has 2 aliphatic rings. The second-order valence-corrected chi connectivity index (χ2v) is 8.07. The highest BCUT2D eigenvalue weighted by atomic mass is 16.5. The fourth-order valence-corrected chi connectivity index (χ4v) is 4.34.